The maximum absolute atomic E-state index is 12.6. The zero-order chi connectivity index (χ0) is 17.6. The number of hydrogen-bond donors (Lipinski definition) is 1. The van der Waals surface area contributed by atoms with Crippen molar-refractivity contribution in [2.24, 2.45) is 0 Å². The fourth-order valence-electron chi connectivity index (χ4n) is 2.83. The van der Waals surface area contributed by atoms with E-state index in [1.165, 1.54) is 0 Å². The molecular weight excluding hydrogens is 314 g/mol. The lowest BCUT2D eigenvalue weighted by molar-refractivity contribution is 0.102. The Morgan fingerprint density at radius 1 is 1.20 bits per heavy atom. The smallest absolute Gasteiger partial charge is 0.257 e. The second kappa shape index (κ2) is 7.94. The van der Waals surface area contributed by atoms with Gasteiger partial charge in [0.15, 0.2) is 0 Å². The van der Waals surface area contributed by atoms with E-state index in [-0.39, 0.29) is 5.91 Å². The van der Waals surface area contributed by atoms with E-state index in [1.807, 2.05) is 66.9 Å². The molecule has 5 heteroatoms. The number of hydrogen-bond acceptors (Lipinski definition) is 3. The molecule has 0 aliphatic heterocycles. The summed E-state index contributed by atoms with van der Waals surface area (Å²) in [5, 5.41) is 2.96. The number of aryl methyl sites for hydroxylation is 2. The zero-order valence-corrected chi connectivity index (χ0v) is 14.7. The van der Waals surface area contributed by atoms with Crippen molar-refractivity contribution >= 4 is 22.9 Å². The predicted octanol–water partition coefficient (Wildman–Crippen LogP) is 4.02. The Labute approximate surface area is 147 Å². The Balaban J connectivity index is 1.85. The van der Waals surface area contributed by atoms with Gasteiger partial charge in [0.1, 0.15) is 0 Å². The van der Waals surface area contributed by atoms with Gasteiger partial charge in [-0.1, -0.05) is 29.8 Å². The minimum Gasteiger partial charge on any atom is -0.382 e. The number of carbonyl (C=O) groups excluding carboxylic acids is 1. The summed E-state index contributed by atoms with van der Waals surface area (Å²) in [5.41, 5.74) is 3.57. The van der Waals surface area contributed by atoms with Crippen LogP contribution in [0.5, 0.6) is 0 Å². The molecule has 0 bridgehead atoms. The maximum atomic E-state index is 12.6. The van der Waals surface area contributed by atoms with Crippen molar-refractivity contribution in [3.8, 4) is 0 Å². The van der Waals surface area contributed by atoms with Gasteiger partial charge in [-0.25, -0.2) is 4.98 Å². The molecule has 0 fully saturated rings. The molecule has 0 aliphatic carbocycles. The van der Waals surface area contributed by atoms with E-state index >= 15 is 0 Å². The van der Waals surface area contributed by atoms with Crippen LogP contribution in [0, 0.1) is 6.92 Å². The summed E-state index contributed by atoms with van der Waals surface area (Å²) in [6, 6.07) is 15.4. The van der Waals surface area contributed by atoms with Crippen LogP contribution < -0.4 is 5.32 Å². The van der Waals surface area contributed by atoms with E-state index in [1.54, 1.807) is 0 Å². The molecule has 5 nitrogen and oxygen atoms in total. The third kappa shape index (κ3) is 4.06. The first-order valence-corrected chi connectivity index (χ1v) is 8.60. The van der Waals surface area contributed by atoms with Gasteiger partial charge < -0.3 is 9.30 Å². The molecule has 130 valence electrons. The molecule has 3 rings (SSSR count). The quantitative estimate of drug-likeness (QED) is 0.662. The molecule has 0 spiro atoms. The molecule has 0 atom stereocenters. The van der Waals surface area contributed by atoms with Crippen LogP contribution in [0.2, 0.25) is 0 Å². The van der Waals surface area contributed by atoms with Crippen molar-refractivity contribution in [1.29, 1.82) is 0 Å². The molecule has 1 amide bonds. The van der Waals surface area contributed by atoms with Crippen molar-refractivity contribution in [2.75, 3.05) is 18.5 Å². The molecule has 1 N–H and O–H groups in total. The Morgan fingerprint density at radius 3 is 2.84 bits per heavy atom. The summed E-state index contributed by atoms with van der Waals surface area (Å²) in [6.45, 7) is 6.10. The number of nitrogens with zero attached hydrogens (tertiary/aromatic N) is 2. The molecule has 0 unspecified atom stereocenters. The molecule has 2 aromatic carbocycles. The minimum absolute atomic E-state index is 0.148. The summed E-state index contributed by atoms with van der Waals surface area (Å²) in [5.74, 6) is 0.425. The van der Waals surface area contributed by atoms with E-state index in [9.17, 15) is 4.79 Å². The van der Waals surface area contributed by atoms with Crippen molar-refractivity contribution in [3.63, 3.8) is 0 Å². The maximum Gasteiger partial charge on any atom is 0.257 e. The summed E-state index contributed by atoms with van der Waals surface area (Å²) in [4.78, 5) is 17.2. The van der Waals surface area contributed by atoms with Crippen molar-refractivity contribution in [3.05, 3.63) is 59.7 Å². The molecule has 1 aromatic heterocycles. The first kappa shape index (κ1) is 17.2. The lowest BCUT2D eigenvalue weighted by Crippen LogP contribution is -2.16. The largest absolute Gasteiger partial charge is 0.382 e. The number of ether oxygens (including phenoxy) is 1. The number of aromatic nitrogens is 2. The summed E-state index contributed by atoms with van der Waals surface area (Å²) >= 11 is 0. The Kier molecular flexibility index (Phi) is 5.46. The van der Waals surface area contributed by atoms with Crippen molar-refractivity contribution in [1.82, 2.24) is 9.55 Å². The van der Waals surface area contributed by atoms with Gasteiger partial charge in [-0.05, 0) is 44.5 Å². The molecule has 0 aliphatic rings. The number of amides is 1. The van der Waals surface area contributed by atoms with E-state index < -0.39 is 0 Å². The van der Waals surface area contributed by atoms with Gasteiger partial charge in [-0.15, -0.1) is 0 Å². The van der Waals surface area contributed by atoms with Gasteiger partial charge in [-0.3, -0.25) is 10.1 Å². The number of benzene rings is 2. The van der Waals surface area contributed by atoms with Crippen molar-refractivity contribution in [2.45, 2.75) is 26.8 Å². The summed E-state index contributed by atoms with van der Waals surface area (Å²) in [6.07, 6.45) is 0.863. The Morgan fingerprint density at radius 2 is 2.04 bits per heavy atom. The number of para-hydroxylation sites is 2. The van der Waals surface area contributed by atoms with Gasteiger partial charge in [0, 0.05) is 25.3 Å². The minimum atomic E-state index is -0.148. The Hall–Kier alpha value is -2.66. The average Bonchev–Trinajstić information content (AvgIpc) is 2.96. The number of nitrogens with one attached hydrogen (secondary N) is 1. The molecule has 3 aromatic rings. The topological polar surface area (TPSA) is 56.1 Å². The second-order valence-corrected chi connectivity index (χ2v) is 5.95. The number of anilines is 1. The standard InChI is InChI=1S/C20H23N3O2/c1-3-25-13-7-12-23-18-11-5-4-10-17(18)21-20(23)22-19(24)16-9-6-8-15(2)14-16/h4-6,8-11,14H,3,7,12-13H2,1-2H3,(H,21,22,24). The fourth-order valence-corrected chi connectivity index (χ4v) is 2.83. The molecule has 0 saturated heterocycles. The van der Waals surface area contributed by atoms with Crippen LogP contribution in [0.25, 0.3) is 11.0 Å². The molecule has 0 saturated carbocycles. The summed E-state index contributed by atoms with van der Waals surface area (Å²) < 4.78 is 7.47. The second-order valence-electron chi connectivity index (χ2n) is 5.95. The van der Waals surface area contributed by atoms with Gasteiger partial charge in [-0.2, -0.15) is 0 Å². The highest BCUT2D eigenvalue weighted by Gasteiger charge is 2.14. The number of carbonyl (C=O) groups is 1. The molecule has 0 radical (unpaired) electrons. The van der Waals surface area contributed by atoms with E-state index in [4.69, 9.17) is 4.74 Å². The monoisotopic (exact) mass is 337 g/mol. The lowest BCUT2D eigenvalue weighted by Gasteiger charge is -2.10. The summed E-state index contributed by atoms with van der Waals surface area (Å²) in [7, 11) is 0. The highest BCUT2D eigenvalue weighted by molar-refractivity contribution is 6.04. The number of fused-ring (bicyclic) bond motifs is 1. The molecular formula is C20H23N3O2. The van der Waals surface area contributed by atoms with Crippen LogP contribution in [0.4, 0.5) is 5.95 Å². The van der Waals surface area contributed by atoms with Crippen LogP contribution in [-0.4, -0.2) is 28.7 Å². The lowest BCUT2D eigenvalue weighted by atomic mass is 10.1. The molecule has 25 heavy (non-hydrogen) atoms. The van der Waals surface area contributed by atoms with Crippen LogP contribution in [0.1, 0.15) is 29.3 Å². The van der Waals surface area contributed by atoms with E-state index in [0.717, 1.165) is 29.6 Å². The van der Waals surface area contributed by atoms with Crippen LogP contribution in [-0.2, 0) is 11.3 Å². The fraction of sp³-hybridized carbons (Fsp3) is 0.300. The van der Waals surface area contributed by atoms with Gasteiger partial charge in [0.25, 0.3) is 5.91 Å². The van der Waals surface area contributed by atoms with Gasteiger partial charge >= 0.3 is 0 Å². The van der Waals surface area contributed by atoms with E-state index in [2.05, 4.69) is 10.3 Å². The van der Waals surface area contributed by atoms with E-state index in [0.29, 0.717) is 24.7 Å². The van der Waals surface area contributed by atoms with Crippen molar-refractivity contribution < 1.29 is 9.53 Å². The normalized spacial score (nSPS) is 11.0. The zero-order valence-electron chi connectivity index (χ0n) is 14.7. The third-order valence-corrected chi connectivity index (χ3v) is 4.03. The van der Waals surface area contributed by atoms with Crippen LogP contribution in [0.15, 0.2) is 48.5 Å². The first-order valence-electron chi connectivity index (χ1n) is 8.60. The van der Waals surface area contributed by atoms with Gasteiger partial charge in [0.2, 0.25) is 5.95 Å². The number of imidazole rings is 1. The highest BCUT2D eigenvalue weighted by atomic mass is 16.5. The Bertz CT molecular complexity index is 870. The third-order valence-electron chi connectivity index (χ3n) is 4.03. The highest BCUT2D eigenvalue weighted by Crippen LogP contribution is 2.20. The average molecular weight is 337 g/mol. The first-order chi connectivity index (χ1) is 12.2. The van der Waals surface area contributed by atoms with Crippen LogP contribution in [0.3, 0.4) is 0 Å². The SMILES string of the molecule is CCOCCCn1c(NC(=O)c2cccc(C)c2)nc2ccccc21. The number of rotatable bonds is 7. The molecule has 1 heterocycles. The van der Waals surface area contributed by atoms with Crippen LogP contribution >= 0.6 is 0 Å². The van der Waals surface area contributed by atoms with Gasteiger partial charge in [0.05, 0.1) is 11.0 Å². The predicted molar refractivity (Wildman–Crippen MR) is 100.0 cm³/mol.